The van der Waals surface area contributed by atoms with Crippen molar-refractivity contribution < 1.29 is 9.13 Å². The van der Waals surface area contributed by atoms with E-state index in [0.717, 1.165) is 25.2 Å². The van der Waals surface area contributed by atoms with Crippen molar-refractivity contribution in [2.45, 2.75) is 51.2 Å². The molecule has 1 saturated carbocycles. The van der Waals surface area contributed by atoms with Gasteiger partial charge in [0.25, 0.3) is 0 Å². The molecule has 4 rings (SSSR count). The number of hydrogen-bond donors (Lipinski definition) is 2. The fourth-order valence-electron chi connectivity index (χ4n) is 4.43. The van der Waals surface area contributed by atoms with Gasteiger partial charge < -0.3 is 15.0 Å². The molecule has 1 fully saturated rings. The molecule has 2 heterocycles. The van der Waals surface area contributed by atoms with E-state index in [-0.39, 0.29) is 0 Å². The number of ether oxygens (including phenoxy) is 1. The molecule has 0 radical (unpaired) electrons. The van der Waals surface area contributed by atoms with Crippen LogP contribution in [0.5, 0.6) is 0 Å². The summed E-state index contributed by atoms with van der Waals surface area (Å²) in [7, 11) is 0. The molecule has 0 spiro atoms. The molecule has 6 heteroatoms. The number of benzene rings is 1. The third-order valence-electron chi connectivity index (χ3n) is 6.14. The minimum Gasteiger partial charge on any atom is -0.379 e. The molecule has 0 unspecified atom stereocenters. The number of para-hydroxylation sites is 1. The Hall–Kier alpha value is -2.28. The van der Waals surface area contributed by atoms with Crippen molar-refractivity contribution in [2.24, 2.45) is 0 Å². The predicted octanol–water partition coefficient (Wildman–Crippen LogP) is 4.64. The SMILES string of the molecule is Fc1ncccc1CN(CCOCCNC1CCCCC1)Cc1c[nH]c2ccccc12. The van der Waals surface area contributed by atoms with Crippen LogP contribution in [0.25, 0.3) is 10.9 Å². The maximum Gasteiger partial charge on any atom is 0.217 e. The number of halogens is 1. The Labute approximate surface area is 184 Å². The highest BCUT2D eigenvalue weighted by molar-refractivity contribution is 5.82. The van der Waals surface area contributed by atoms with E-state index in [4.69, 9.17) is 4.74 Å². The van der Waals surface area contributed by atoms with Crippen molar-refractivity contribution in [3.63, 3.8) is 0 Å². The first-order valence-electron chi connectivity index (χ1n) is 11.5. The van der Waals surface area contributed by atoms with Gasteiger partial charge in [0.2, 0.25) is 5.95 Å². The van der Waals surface area contributed by atoms with Crippen LogP contribution in [0.15, 0.2) is 48.8 Å². The van der Waals surface area contributed by atoms with Crippen molar-refractivity contribution in [3.05, 3.63) is 65.9 Å². The molecule has 0 saturated heterocycles. The molecule has 0 amide bonds. The summed E-state index contributed by atoms with van der Waals surface area (Å²) in [6.45, 7) is 4.18. The quantitative estimate of drug-likeness (QED) is 0.348. The molecule has 166 valence electrons. The first-order chi connectivity index (χ1) is 15.3. The van der Waals surface area contributed by atoms with E-state index in [2.05, 4.69) is 32.3 Å². The number of nitrogens with one attached hydrogen (secondary N) is 2. The van der Waals surface area contributed by atoms with Crippen molar-refractivity contribution in [1.82, 2.24) is 20.2 Å². The summed E-state index contributed by atoms with van der Waals surface area (Å²) in [5.41, 5.74) is 2.94. The van der Waals surface area contributed by atoms with Gasteiger partial charge in [-0.2, -0.15) is 4.39 Å². The van der Waals surface area contributed by atoms with Crippen LogP contribution in [0.4, 0.5) is 4.39 Å². The number of aromatic nitrogens is 2. The molecule has 0 aliphatic heterocycles. The van der Waals surface area contributed by atoms with E-state index in [1.807, 2.05) is 18.3 Å². The summed E-state index contributed by atoms with van der Waals surface area (Å²) in [6.07, 6.45) is 10.2. The van der Waals surface area contributed by atoms with E-state index in [1.165, 1.54) is 49.3 Å². The number of hydrogen-bond acceptors (Lipinski definition) is 4. The van der Waals surface area contributed by atoms with Gasteiger partial charge in [0.05, 0.1) is 13.2 Å². The Morgan fingerprint density at radius 1 is 1.03 bits per heavy atom. The number of pyridine rings is 1. The van der Waals surface area contributed by atoms with Crippen LogP contribution in [-0.4, -0.2) is 47.2 Å². The van der Waals surface area contributed by atoms with Gasteiger partial charge in [-0.3, -0.25) is 4.90 Å². The highest BCUT2D eigenvalue weighted by Crippen LogP contribution is 2.21. The normalized spacial score (nSPS) is 15.2. The lowest BCUT2D eigenvalue weighted by atomic mass is 9.96. The Balaban J connectivity index is 1.31. The van der Waals surface area contributed by atoms with Crippen molar-refractivity contribution in [1.29, 1.82) is 0 Å². The molecule has 1 aliphatic carbocycles. The summed E-state index contributed by atoms with van der Waals surface area (Å²) in [5.74, 6) is -0.399. The zero-order valence-corrected chi connectivity index (χ0v) is 18.2. The zero-order chi connectivity index (χ0) is 21.3. The topological polar surface area (TPSA) is 53.2 Å². The maximum atomic E-state index is 14.2. The first-order valence-corrected chi connectivity index (χ1v) is 11.5. The molecular weight excluding hydrogens is 391 g/mol. The smallest absolute Gasteiger partial charge is 0.217 e. The second kappa shape index (κ2) is 11.4. The third-order valence-corrected chi connectivity index (χ3v) is 6.14. The van der Waals surface area contributed by atoms with E-state index in [9.17, 15) is 4.39 Å². The van der Waals surface area contributed by atoms with Crippen molar-refractivity contribution in [2.75, 3.05) is 26.3 Å². The molecule has 3 aromatic rings. The van der Waals surface area contributed by atoms with Gasteiger partial charge in [-0.05, 0) is 30.5 Å². The Kier molecular flexibility index (Phi) is 8.04. The van der Waals surface area contributed by atoms with Crippen LogP contribution < -0.4 is 5.32 Å². The summed E-state index contributed by atoms with van der Waals surface area (Å²) in [4.78, 5) is 9.36. The summed E-state index contributed by atoms with van der Waals surface area (Å²) >= 11 is 0. The van der Waals surface area contributed by atoms with E-state index in [0.29, 0.717) is 31.4 Å². The molecule has 2 aromatic heterocycles. The highest BCUT2D eigenvalue weighted by atomic mass is 19.1. The van der Waals surface area contributed by atoms with Crippen LogP contribution in [0.2, 0.25) is 0 Å². The van der Waals surface area contributed by atoms with E-state index >= 15 is 0 Å². The molecule has 5 nitrogen and oxygen atoms in total. The van der Waals surface area contributed by atoms with Gasteiger partial charge in [-0.25, -0.2) is 4.98 Å². The van der Waals surface area contributed by atoms with Crippen LogP contribution >= 0.6 is 0 Å². The lowest BCUT2D eigenvalue weighted by molar-refractivity contribution is 0.0974. The molecule has 2 N–H and O–H groups in total. The average Bonchev–Trinajstić information content (AvgIpc) is 3.21. The maximum absolute atomic E-state index is 14.2. The summed E-state index contributed by atoms with van der Waals surface area (Å²) in [5, 5.41) is 4.82. The van der Waals surface area contributed by atoms with Gasteiger partial charge in [-0.15, -0.1) is 0 Å². The van der Waals surface area contributed by atoms with Crippen LogP contribution in [-0.2, 0) is 17.8 Å². The monoisotopic (exact) mass is 424 g/mol. The molecule has 0 bridgehead atoms. The van der Waals surface area contributed by atoms with Gasteiger partial charge in [0, 0.05) is 61.1 Å². The lowest BCUT2D eigenvalue weighted by Crippen LogP contribution is -2.34. The predicted molar refractivity (Wildman–Crippen MR) is 122 cm³/mol. The summed E-state index contributed by atoms with van der Waals surface area (Å²) < 4.78 is 20.1. The zero-order valence-electron chi connectivity index (χ0n) is 18.2. The Morgan fingerprint density at radius 3 is 2.74 bits per heavy atom. The molecule has 31 heavy (non-hydrogen) atoms. The van der Waals surface area contributed by atoms with E-state index in [1.54, 1.807) is 12.1 Å². The van der Waals surface area contributed by atoms with Crippen LogP contribution in [0, 0.1) is 5.95 Å². The molecule has 1 aromatic carbocycles. The van der Waals surface area contributed by atoms with Gasteiger partial charge >= 0.3 is 0 Å². The van der Waals surface area contributed by atoms with Crippen LogP contribution in [0.1, 0.15) is 43.2 Å². The number of nitrogens with zero attached hydrogens (tertiary/aromatic N) is 2. The summed E-state index contributed by atoms with van der Waals surface area (Å²) in [6, 6.07) is 12.5. The highest BCUT2D eigenvalue weighted by Gasteiger charge is 2.14. The standard InChI is InChI=1S/C25H33FN4O/c26-25-20(7-6-12-28-25)18-30(19-21-17-29-24-11-5-4-10-23(21)24)14-16-31-15-13-27-22-8-2-1-3-9-22/h4-7,10-12,17,22,27,29H,1-3,8-9,13-16,18-19H2. The van der Waals surface area contributed by atoms with Gasteiger partial charge in [0.15, 0.2) is 0 Å². The Morgan fingerprint density at radius 2 is 1.87 bits per heavy atom. The number of fused-ring (bicyclic) bond motifs is 1. The fourth-order valence-corrected chi connectivity index (χ4v) is 4.43. The minimum absolute atomic E-state index is 0.399. The number of H-pyrrole nitrogens is 1. The van der Waals surface area contributed by atoms with Gasteiger partial charge in [-0.1, -0.05) is 43.5 Å². The first kappa shape index (κ1) is 21.9. The molecule has 1 aliphatic rings. The average molecular weight is 425 g/mol. The fraction of sp³-hybridized carbons (Fsp3) is 0.480. The third kappa shape index (κ3) is 6.35. The second-order valence-electron chi connectivity index (χ2n) is 8.42. The Bertz CT molecular complexity index is 938. The van der Waals surface area contributed by atoms with E-state index < -0.39 is 5.95 Å². The van der Waals surface area contributed by atoms with Crippen LogP contribution in [0.3, 0.4) is 0 Å². The lowest BCUT2D eigenvalue weighted by Gasteiger charge is -2.24. The number of aromatic amines is 1. The van der Waals surface area contributed by atoms with Crippen molar-refractivity contribution in [3.8, 4) is 0 Å². The largest absolute Gasteiger partial charge is 0.379 e. The molecule has 0 atom stereocenters. The number of rotatable bonds is 11. The second-order valence-corrected chi connectivity index (χ2v) is 8.42. The molecular formula is C25H33FN4O. The van der Waals surface area contributed by atoms with Crippen molar-refractivity contribution >= 4 is 10.9 Å². The van der Waals surface area contributed by atoms with Gasteiger partial charge in [0.1, 0.15) is 0 Å². The minimum atomic E-state index is -0.399.